The molecule has 0 bridgehead atoms. The van der Waals surface area contributed by atoms with Crippen molar-refractivity contribution in [2.45, 2.75) is 53.1 Å². The predicted molar refractivity (Wildman–Crippen MR) is 131 cm³/mol. The first-order valence-corrected chi connectivity index (χ1v) is 12.0. The van der Waals surface area contributed by atoms with Crippen LogP contribution in [0.1, 0.15) is 45.6 Å². The van der Waals surface area contributed by atoms with Crippen molar-refractivity contribution in [3.05, 3.63) is 51.7 Å². The summed E-state index contributed by atoms with van der Waals surface area (Å²) in [6.07, 6.45) is 2.69. The van der Waals surface area contributed by atoms with Gasteiger partial charge in [0.25, 0.3) is 12.4 Å². The number of benzene rings is 1. The molecule has 1 aliphatic rings. The summed E-state index contributed by atoms with van der Waals surface area (Å²) < 4.78 is 11.3. The van der Waals surface area contributed by atoms with Crippen LogP contribution in [0.15, 0.2) is 44.9 Å². The average Bonchev–Trinajstić information content (AvgIpc) is 3.25. The van der Waals surface area contributed by atoms with Crippen LogP contribution in [0.3, 0.4) is 0 Å². The largest absolute Gasteiger partial charge is 0.483 e. The van der Waals surface area contributed by atoms with Crippen LogP contribution in [-0.4, -0.2) is 41.6 Å². The van der Waals surface area contributed by atoms with E-state index in [9.17, 15) is 9.59 Å². The van der Waals surface area contributed by atoms with Gasteiger partial charge >= 0.3 is 5.63 Å². The lowest BCUT2D eigenvalue weighted by Gasteiger charge is -2.29. The average molecular weight is 474 g/mol. The van der Waals surface area contributed by atoms with Crippen LogP contribution in [0.4, 0.5) is 0 Å². The summed E-state index contributed by atoms with van der Waals surface area (Å²) in [6.45, 7) is 9.13. The number of likely N-dealkylation sites (tertiary alicyclic amines) is 1. The highest BCUT2D eigenvalue weighted by atomic mass is 32.1. The third kappa shape index (κ3) is 6.68. The number of amides is 1. The van der Waals surface area contributed by atoms with Gasteiger partial charge < -0.3 is 19.2 Å². The van der Waals surface area contributed by atoms with Gasteiger partial charge in [0.2, 0.25) is 0 Å². The molecule has 1 saturated heterocycles. The van der Waals surface area contributed by atoms with Gasteiger partial charge in [-0.05, 0) is 62.3 Å². The van der Waals surface area contributed by atoms with E-state index in [1.54, 1.807) is 24.3 Å². The highest BCUT2D eigenvalue weighted by Gasteiger charge is 2.23. The first kappa shape index (κ1) is 26.1. The Labute approximate surface area is 197 Å². The molecule has 1 amide bonds. The molecule has 0 saturated carbocycles. The normalized spacial score (nSPS) is 13.8. The molecule has 3 heterocycles. The Morgan fingerprint density at radius 1 is 1.18 bits per heavy atom. The molecular formula is C25H31NO6S. The van der Waals surface area contributed by atoms with Gasteiger partial charge in [-0.15, -0.1) is 11.3 Å². The summed E-state index contributed by atoms with van der Waals surface area (Å²) in [5, 5.41) is 9.75. The van der Waals surface area contributed by atoms with Crippen LogP contribution >= 0.6 is 11.3 Å². The number of carbonyl (C=O) groups excluding carboxylic acids is 1. The Morgan fingerprint density at radius 3 is 2.45 bits per heavy atom. The summed E-state index contributed by atoms with van der Waals surface area (Å²) in [6, 6.07) is 8.98. The minimum atomic E-state index is -0.579. The van der Waals surface area contributed by atoms with Crippen molar-refractivity contribution >= 4 is 34.7 Å². The van der Waals surface area contributed by atoms with E-state index in [1.165, 1.54) is 12.5 Å². The van der Waals surface area contributed by atoms with Crippen molar-refractivity contribution in [1.29, 1.82) is 0 Å². The second kappa shape index (κ2) is 12.8. The summed E-state index contributed by atoms with van der Waals surface area (Å²) in [5.74, 6) is 0.526. The van der Waals surface area contributed by atoms with E-state index in [2.05, 4.69) is 0 Å². The molecule has 2 aromatic heterocycles. The van der Waals surface area contributed by atoms with Gasteiger partial charge in [0.05, 0.1) is 0 Å². The number of carboxylic acid groups (broad SMARTS) is 1. The maximum atomic E-state index is 12.6. The Hall–Kier alpha value is -3.13. The van der Waals surface area contributed by atoms with Gasteiger partial charge in [-0.25, -0.2) is 4.79 Å². The van der Waals surface area contributed by atoms with Gasteiger partial charge in [0.1, 0.15) is 11.3 Å². The number of hydrogen-bond acceptors (Lipinski definition) is 6. The van der Waals surface area contributed by atoms with Crippen molar-refractivity contribution < 1.29 is 23.8 Å². The quantitative estimate of drug-likeness (QED) is 0.406. The molecule has 7 nitrogen and oxygen atoms in total. The number of nitrogens with zero attached hydrogens (tertiary/aromatic N) is 1. The molecule has 1 aliphatic heterocycles. The maximum Gasteiger partial charge on any atom is 0.336 e. The van der Waals surface area contributed by atoms with E-state index in [0.29, 0.717) is 11.3 Å². The van der Waals surface area contributed by atoms with Crippen LogP contribution in [0, 0.1) is 6.92 Å². The van der Waals surface area contributed by atoms with Crippen LogP contribution in [0.5, 0.6) is 5.75 Å². The number of fused-ring (bicyclic) bond motifs is 1. The molecule has 1 fully saturated rings. The summed E-state index contributed by atoms with van der Waals surface area (Å²) >= 11 is 1.60. The second-order valence-corrected chi connectivity index (χ2v) is 8.24. The Balaban J connectivity index is 0.000000714. The Bertz CT molecular complexity index is 1110. The number of piperidine rings is 1. The summed E-state index contributed by atoms with van der Waals surface area (Å²) in [7, 11) is 0. The summed E-state index contributed by atoms with van der Waals surface area (Å²) in [5.41, 5.74) is 2.05. The van der Waals surface area contributed by atoms with Crippen molar-refractivity contribution in [2.75, 3.05) is 13.1 Å². The Morgan fingerprint density at radius 2 is 1.85 bits per heavy atom. The molecule has 178 valence electrons. The first-order chi connectivity index (χ1) is 15.9. The van der Waals surface area contributed by atoms with Crippen molar-refractivity contribution in [1.82, 2.24) is 4.90 Å². The van der Waals surface area contributed by atoms with E-state index in [4.69, 9.17) is 19.1 Å². The smallest absolute Gasteiger partial charge is 0.336 e. The highest BCUT2D eigenvalue weighted by Crippen LogP contribution is 2.35. The van der Waals surface area contributed by atoms with Crippen molar-refractivity contribution in [3.63, 3.8) is 0 Å². The number of rotatable bonds is 4. The summed E-state index contributed by atoms with van der Waals surface area (Å²) in [4.78, 5) is 36.0. The second-order valence-electron chi connectivity index (χ2n) is 7.32. The van der Waals surface area contributed by atoms with E-state index in [-0.39, 0.29) is 12.4 Å². The van der Waals surface area contributed by atoms with Gasteiger partial charge in [-0.3, -0.25) is 9.59 Å². The lowest BCUT2D eigenvalue weighted by atomic mass is 10.1. The van der Waals surface area contributed by atoms with E-state index in [1.807, 2.05) is 49.3 Å². The fraction of sp³-hybridized carbons (Fsp3) is 0.400. The molecular weight excluding hydrogens is 442 g/mol. The minimum Gasteiger partial charge on any atom is -0.483 e. The topological polar surface area (TPSA) is 97.0 Å². The molecule has 1 N–H and O–H groups in total. The van der Waals surface area contributed by atoms with Gasteiger partial charge in [0, 0.05) is 41.0 Å². The standard InChI is InChI=1S/C22H23NO4S.C2H6.CH2O2/c1-14-8-11-28-21(14)18-13-20(24)27-19-12-16(6-7-17(18)19)26-15(2)22(25)23-9-4-3-5-10-23;1-2;2-1-3/h6-8,11-13,15H,3-5,9-10H2,1-2H3;1-2H3;1H,(H,2,3)/t15-;;/m1../s1. The Kier molecular flexibility index (Phi) is 10.1. The van der Waals surface area contributed by atoms with E-state index in [0.717, 1.165) is 47.3 Å². The maximum absolute atomic E-state index is 12.6. The molecule has 4 rings (SSSR count). The highest BCUT2D eigenvalue weighted by molar-refractivity contribution is 7.13. The van der Waals surface area contributed by atoms with E-state index < -0.39 is 11.7 Å². The van der Waals surface area contributed by atoms with Gasteiger partial charge in [0.15, 0.2) is 6.10 Å². The molecule has 33 heavy (non-hydrogen) atoms. The molecule has 0 radical (unpaired) electrons. The lowest BCUT2D eigenvalue weighted by Crippen LogP contribution is -2.43. The van der Waals surface area contributed by atoms with Gasteiger partial charge in [-0.1, -0.05) is 13.8 Å². The van der Waals surface area contributed by atoms with Gasteiger partial charge in [-0.2, -0.15) is 0 Å². The first-order valence-electron chi connectivity index (χ1n) is 11.1. The molecule has 0 unspecified atom stereocenters. The molecule has 0 spiro atoms. The lowest BCUT2D eigenvalue weighted by molar-refractivity contribution is -0.138. The third-order valence-corrected chi connectivity index (χ3v) is 6.20. The molecule has 1 aromatic carbocycles. The zero-order valence-corrected chi connectivity index (χ0v) is 20.3. The number of ether oxygens (including phenoxy) is 1. The van der Waals surface area contributed by atoms with Crippen LogP contribution in [0.25, 0.3) is 21.4 Å². The number of carbonyl (C=O) groups is 2. The third-order valence-electron chi connectivity index (χ3n) is 5.15. The zero-order chi connectivity index (χ0) is 24.4. The molecule has 3 aromatic rings. The van der Waals surface area contributed by atoms with Crippen molar-refractivity contribution in [2.24, 2.45) is 0 Å². The fourth-order valence-electron chi connectivity index (χ4n) is 3.68. The molecule has 0 aliphatic carbocycles. The monoisotopic (exact) mass is 473 g/mol. The van der Waals surface area contributed by atoms with Crippen LogP contribution in [0.2, 0.25) is 0 Å². The number of aryl methyl sites for hydroxylation is 1. The number of hydrogen-bond donors (Lipinski definition) is 1. The van der Waals surface area contributed by atoms with Crippen molar-refractivity contribution in [3.8, 4) is 16.2 Å². The fourth-order valence-corrected chi connectivity index (χ4v) is 4.64. The van der Waals surface area contributed by atoms with Crippen LogP contribution in [-0.2, 0) is 9.59 Å². The van der Waals surface area contributed by atoms with Crippen LogP contribution < -0.4 is 10.4 Å². The molecule has 8 heteroatoms. The predicted octanol–water partition coefficient (Wildman–Crippen LogP) is 5.34. The molecule has 1 atom stereocenters. The minimum absolute atomic E-state index is 0.00390. The van der Waals surface area contributed by atoms with E-state index >= 15 is 0 Å². The number of thiophene rings is 1. The zero-order valence-electron chi connectivity index (χ0n) is 19.5. The SMILES string of the molecule is CC.Cc1ccsc1-c1cc(=O)oc2cc(O[C@H](C)C(=O)N3CCCCC3)ccc12.O=CO.